The fourth-order valence-electron chi connectivity index (χ4n) is 1.59. The standard InChI is InChI=1S/C16H24O/c1-6-8-9-17-15-11-13(7-2)10-14(12-15)16(3,4)5/h7,10-12H,2,6,8-9H2,1,3-5H3. The van der Waals surface area contributed by atoms with Gasteiger partial charge in [-0.15, -0.1) is 0 Å². The van der Waals surface area contributed by atoms with Crippen LogP contribution in [0.15, 0.2) is 24.8 Å². The first-order valence-electron chi connectivity index (χ1n) is 6.38. The van der Waals surface area contributed by atoms with Crippen molar-refractivity contribution in [2.45, 2.75) is 46.0 Å². The van der Waals surface area contributed by atoms with Gasteiger partial charge in [-0.05, 0) is 35.1 Å². The first-order chi connectivity index (χ1) is 7.97. The van der Waals surface area contributed by atoms with Gasteiger partial charge in [0.2, 0.25) is 0 Å². The summed E-state index contributed by atoms with van der Waals surface area (Å²) in [5.74, 6) is 0.959. The summed E-state index contributed by atoms with van der Waals surface area (Å²) >= 11 is 0. The Hall–Kier alpha value is -1.24. The lowest BCUT2D eigenvalue weighted by Crippen LogP contribution is -2.11. The lowest BCUT2D eigenvalue weighted by molar-refractivity contribution is 0.308. The van der Waals surface area contributed by atoms with Crippen LogP contribution in [0.4, 0.5) is 0 Å². The SMILES string of the molecule is C=Cc1cc(OCCCC)cc(C(C)(C)C)c1. The zero-order valence-electron chi connectivity index (χ0n) is 11.5. The molecule has 1 aromatic rings. The van der Waals surface area contributed by atoms with Crippen LogP contribution in [0.2, 0.25) is 0 Å². The molecule has 94 valence electrons. The van der Waals surface area contributed by atoms with Crippen LogP contribution >= 0.6 is 0 Å². The van der Waals surface area contributed by atoms with Crippen LogP contribution in [-0.2, 0) is 5.41 Å². The number of benzene rings is 1. The molecule has 0 radical (unpaired) electrons. The lowest BCUT2D eigenvalue weighted by atomic mass is 9.86. The van der Waals surface area contributed by atoms with Crippen LogP contribution in [-0.4, -0.2) is 6.61 Å². The first kappa shape index (κ1) is 13.8. The van der Waals surface area contributed by atoms with Gasteiger partial charge < -0.3 is 4.74 Å². The number of unbranched alkanes of at least 4 members (excludes halogenated alkanes) is 1. The Morgan fingerprint density at radius 3 is 2.47 bits per heavy atom. The minimum atomic E-state index is 0.141. The van der Waals surface area contributed by atoms with Crippen molar-refractivity contribution in [3.63, 3.8) is 0 Å². The number of hydrogen-bond acceptors (Lipinski definition) is 1. The van der Waals surface area contributed by atoms with E-state index in [9.17, 15) is 0 Å². The summed E-state index contributed by atoms with van der Waals surface area (Å²) in [7, 11) is 0. The second kappa shape index (κ2) is 5.90. The summed E-state index contributed by atoms with van der Waals surface area (Å²) in [6, 6.07) is 6.38. The first-order valence-corrected chi connectivity index (χ1v) is 6.38. The van der Waals surface area contributed by atoms with Crippen molar-refractivity contribution >= 4 is 6.08 Å². The predicted molar refractivity (Wildman–Crippen MR) is 75.6 cm³/mol. The molecule has 0 aliphatic carbocycles. The maximum atomic E-state index is 5.78. The van der Waals surface area contributed by atoms with E-state index >= 15 is 0 Å². The topological polar surface area (TPSA) is 9.23 Å². The minimum absolute atomic E-state index is 0.141. The van der Waals surface area contributed by atoms with E-state index in [4.69, 9.17) is 4.74 Å². The third kappa shape index (κ3) is 4.26. The van der Waals surface area contributed by atoms with Crippen molar-refractivity contribution in [3.05, 3.63) is 35.9 Å². The van der Waals surface area contributed by atoms with Gasteiger partial charge in [-0.2, -0.15) is 0 Å². The predicted octanol–water partition coefficient (Wildman–Crippen LogP) is 4.81. The van der Waals surface area contributed by atoms with E-state index in [1.54, 1.807) is 0 Å². The van der Waals surface area contributed by atoms with E-state index in [1.807, 2.05) is 6.08 Å². The van der Waals surface area contributed by atoms with E-state index in [0.717, 1.165) is 30.8 Å². The molecule has 0 N–H and O–H groups in total. The molecule has 1 heteroatoms. The van der Waals surface area contributed by atoms with Crippen molar-refractivity contribution in [2.75, 3.05) is 6.61 Å². The highest BCUT2D eigenvalue weighted by Gasteiger charge is 2.15. The Balaban J connectivity index is 2.93. The third-order valence-electron chi connectivity index (χ3n) is 2.80. The van der Waals surface area contributed by atoms with Crippen LogP contribution in [0.25, 0.3) is 6.08 Å². The molecule has 0 aromatic heterocycles. The van der Waals surface area contributed by atoms with Gasteiger partial charge >= 0.3 is 0 Å². The normalized spacial score (nSPS) is 11.3. The maximum absolute atomic E-state index is 5.78. The van der Waals surface area contributed by atoms with E-state index < -0.39 is 0 Å². The molecule has 0 atom stereocenters. The molecule has 0 saturated carbocycles. The quantitative estimate of drug-likeness (QED) is 0.662. The molecule has 0 spiro atoms. The van der Waals surface area contributed by atoms with Crippen molar-refractivity contribution in [1.82, 2.24) is 0 Å². The van der Waals surface area contributed by atoms with E-state index in [1.165, 1.54) is 5.56 Å². The van der Waals surface area contributed by atoms with Gasteiger partial charge in [-0.1, -0.05) is 52.8 Å². The van der Waals surface area contributed by atoms with Crippen molar-refractivity contribution in [2.24, 2.45) is 0 Å². The average molecular weight is 232 g/mol. The van der Waals surface area contributed by atoms with Crippen molar-refractivity contribution < 1.29 is 4.74 Å². The molecule has 1 aromatic carbocycles. The Morgan fingerprint density at radius 1 is 1.24 bits per heavy atom. The molecule has 17 heavy (non-hydrogen) atoms. The molecule has 0 aliphatic rings. The van der Waals surface area contributed by atoms with Crippen molar-refractivity contribution in [3.8, 4) is 5.75 Å². The molecule has 1 rings (SSSR count). The molecular formula is C16H24O. The molecule has 0 heterocycles. The number of rotatable bonds is 5. The highest BCUT2D eigenvalue weighted by Crippen LogP contribution is 2.28. The zero-order valence-corrected chi connectivity index (χ0v) is 11.5. The summed E-state index contributed by atoms with van der Waals surface area (Å²) in [6.07, 6.45) is 4.14. The maximum Gasteiger partial charge on any atom is 0.120 e. The summed E-state index contributed by atoms with van der Waals surface area (Å²) in [6.45, 7) is 13.4. The summed E-state index contributed by atoms with van der Waals surface area (Å²) in [4.78, 5) is 0. The van der Waals surface area contributed by atoms with Crippen LogP contribution in [0.5, 0.6) is 5.75 Å². The second-order valence-electron chi connectivity index (χ2n) is 5.45. The summed E-state index contributed by atoms with van der Waals surface area (Å²) in [5.41, 5.74) is 2.56. The van der Waals surface area contributed by atoms with Gasteiger partial charge in [0.1, 0.15) is 5.75 Å². The van der Waals surface area contributed by atoms with Gasteiger partial charge in [-0.3, -0.25) is 0 Å². The molecule has 0 unspecified atom stereocenters. The smallest absolute Gasteiger partial charge is 0.120 e. The van der Waals surface area contributed by atoms with Crippen LogP contribution < -0.4 is 4.74 Å². The second-order valence-corrected chi connectivity index (χ2v) is 5.45. The largest absolute Gasteiger partial charge is 0.494 e. The van der Waals surface area contributed by atoms with E-state index in [2.05, 4.69) is 52.5 Å². The molecule has 0 amide bonds. The van der Waals surface area contributed by atoms with Crippen LogP contribution in [0.3, 0.4) is 0 Å². The molecule has 0 fully saturated rings. The molecule has 0 saturated heterocycles. The molecule has 0 aliphatic heterocycles. The third-order valence-corrected chi connectivity index (χ3v) is 2.80. The Labute approximate surface area is 106 Å². The fraction of sp³-hybridized carbons (Fsp3) is 0.500. The summed E-state index contributed by atoms with van der Waals surface area (Å²) in [5, 5.41) is 0. The zero-order chi connectivity index (χ0) is 12.9. The molecule has 1 nitrogen and oxygen atoms in total. The molecular weight excluding hydrogens is 208 g/mol. The lowest BCUT2D eigenvalue weighted by Gasteiger charge is -2.21. The minimum Gasteiger partial charge on any atom is -0.494 e. The van der Waals surface area contributed by atoms with Gasteiger partial charge in [-0.25, -0.2) is 0 Å². The Morgan fingerprint density at radius 2 is 1.94 bits per heavy atom. The average Bonchev–Trinajstić information content (AvgIpc) is 2.28. The van der Waals surface area contributed by atoms with Gasteiger partial charge in [0.25, 0.3) is 0 Å². The van der Waals surface area contributed by atoms with Gasteiger partial charge in [0, 0.05) is 0 Å². The highest BCUT2D eigenvalue weighted by atomic mass is 16.5. The van der Waals surface area contributed by atoms with Crippen LogP contribution in [0, 0.1) is 0 Å². The van der Waals surface area contributed by atoms with Crippen LogP contribution in [0.1, 0.15) is 51.7 Å². The van der Waals surface area contributed by atoms with E-state index in [-0.39, 0.29) is 5.41 Å². The Bertz CT molecular complexity index is 372. The molecule has 0 bridgehead atoms. The van der Waals surface area contributed by atoms with Gasteiger partial charge in [0.15, 0.2) is 0 Å². The Kier molecular flexibility index (Phi) is 4.80. The van der Waals surface area contributed by atoms with Gasteiger partial charge in [0.05, 0.1) is 6.61 Å². The highest BCUT2D eigenvalue weighted by molar-refractivity contribution is 5.52. The summed E-state index contributed by atoms with van der Waals surface area (Å²) < 4.78 is 5.78. The number of ether oxygens (including phenoxy) is 1. The van der Waals surface area contributed by atoms with Crippen molar-refractivity contribution in [1.29, 1.82) is 0 Å². The van der Waals surface area contributed by atoms with E-state index in [0.29, 0.717) is 0 Å². The fourth-order valence-corrected chi connectivity index (χ4v) is 1.59. The number of hydrogen-bond donors (Lipinski definition) is 0. The monoisotopic (exact) mass is 232 g/mol.